The number of hydrogen-bond acceptors (Lipinski definition) is 7. The second-order valence-corrected chi connectivity index (χ2v) is 13.1. The molecule has 2 saturated heterocycles. The smallest absolute Gasteiger partial charge is 0.407 e. The van der Waals surface area contributed by atoms with Gasteiger partial charge in [-0.15, -0.1) is 0 Å². The first-order valence-corrected chi connectivity index (χ1v) is 14.6. The number of amidine groups is 1. The van der Waals surface area contributed by atoms with E-state index in [1.54, 1.807) is 20.8 Å². The van der Waals surface area contributed by atoms with Crippen LogP contribution in [0.5, 0.6) is 0 Å². The SMILES string of the molecule is CCN(CC)c1ccc(N2C(=NC(=O)CCNC(=O)OC(C)(C)C)S[C@@H]3CS(=O)(=O)C[C@@H]32)c(C)c1. The van der Waals surface area contributed by atoms with Crippen LogP contribution in [0.15, 0.2) is 23.2 Å². The van der Waals surface area contributed by atoms with E-state index in [-0.39, 0.29) is 41.7 Å². The summed E-state index contributed by atoms with van der Waals surface area (Å²) in [6, 6.07) is 5.84. The lowest BCUT2D eigenvalue weighted by atomic mass is 10.1. The fraction of sp³-hybridized carbons (Fsp3) is 0.625. The molecule has 0 saturated carbocycles. The maximum atomic E-state index is 12.7. The Morgan fingerprint density at radius 2 is 1.91 bits per heavy atom. The number of hydrogen-bond donors (Lipinski definition) is 1. The number of nitrogens with zero attached hydrogens (tertiary/aromatic N) is 3. The van der Waals surface area contributed by atoms with E-state index in [0.717, 1.165) is 30.0 Å². The summed E-state index contributed by atoms with van der Waals surface area (Å²) in [6.45, 7) is 13.4. The molecule has 2 fully saturated rings. The number of rotatable bonds is 7. The number of aliphatic imine (C=N–C) groups is 1. The molecule has 11 heteroatoms. The number of alkyl carbamates (subject to hydrolysis) is 1. The number of thioether (sulfide) groups is 1. The Bertz CT molecular complexity index is 1090. The maximum Gasteiger partial charge on any atom is 0.407 e. The van der Waals surface area contributed by atoms with Crippen molar-refractivity contribution in [2.24, 2.45) is 4.99 Å². The zero-order chi connectivity index (χ0) is 26.0. The van der Waals surface area contributed by atoms with E-state index in [1.807, 2.05) is 24.0 Å². The predicted molar refractivity (Wildman–Crippen MR) is 142 cm³/mol. The topological polar surface area (TPSA) is 108 Å². The summed E-state index contributed by atoms with van der Waals surface area (Å²) >= 11 is 1.34. The number of anilines is 2. The first kappa shape index (κ1) is 27.3. The minimum atomic E-state index is -3.15. The van der Waals surface area contributed by atoms with Gasteiger partial charge in [0.25, 0.3) is 0 Å². The monoisotopic (exact) mass is 524 g/mol. The van der Waals surface area contributed by atoms with Crippen LogP contribution in [0.3, 0.4) is 0 Å². The van der Waals surface area contributed by atoms with Crippen LogP contribution in [-0.4, -0.2) is 73.6 Å². The van der Waals surface area contributed by atoms with Gasteiger partial charge in [0.15, 0.2) is 15.0 Å². The van der Waals surface area contributed by atoms with E-state index < -0.39 is 21.5 Å². The average molecular weight is 525 g/mol. The Morgan fingerprint density at radius 1 is 1.23 bits per heavy atom. The molecule has 2 atom stereocenters. The highest BCUT2D eigenvalue weighted by Gasteiger charge is 2.49. The van der Waals surface area contributed by atoms with Crippen LogP contribution in [0.25, 0.3) is 0 Å². The lowest BCUT2D eigenvalue weighted by Gasteiger charge is -2.28. The number of carbonyl (C=O) groups excluding carboxylic acids is 2. The highest BCUT2D eigenvalue weighted by molar-refractivity contribution is 8.16. The number of aryl methyl sites for hydroxylation is 1. The van der Waals surface area contributed by atoms with Gasteiger partial charge in [-0.3, -0.25) is 4.79 Å². The van der Waals surface area contributed by atoms with Crippen LogP contribution in [0.4, 0.5) is 16.2 Å². The number of benzene rings is 1. The molecule has 0 aliphatic carbocycles. The van der Waals surface area contributed by atoms with Crippen molar-refractivity contribution >= 4 is 50.1 Å². The predicted octanol–water partition coefficient (Wildman–Crippen LogP) is 3.36. The fourth-order valence-electron chi connectivity index (χ4n) is 4.29. The Hall–Kier alpha value is -2.27. The van der Waals surface area contributed by atoms with Crippen molar-refractivity contribution in [3.05, 3.63) is 23.8 Å². The van der Waals surface area contributed by atoms with Gasteiger partial charge in [0.2, 0.25) is 5.91 Å². The van der Waals surface area contributed by atoms with Crippen molar-refractivity contribution in [3.63, 3.8) is 0 Å². The van der Waals surface area contributed by atoms with E-state index in [9.17, 15) is 18.0 Å². The largest absolute Gasteiger partial charge is 0.444 e. The highest BCUT2D eigenvalue weighted by Crippen LogP contribution is 2.42. The van der Waals surface area contributed by atoms with Gasteiger partial charge in [0.1, 0.15) is 5.60 Å². The lowest BCUT2D eigenvalue weighted by molar-refractivity contribution is -0.117. The molecule has 0 bridgehead atoms. The highest BCUT2D eigenvalue weighted by atomic mass is 32.2. The fourth-order valence-corrected chi connectivity index (χ4v) is 8.21. The molecule has 1 N–H and O–H groups in total. The second kappa shape index (κ2) is 10.8. The summed E-state index contributed by atoms with van der Waals surface area (Å²) in [5.74, 6) is -0.271. The van der Waals surface area contributed by atoms with E-state index in [0.29, 0.717) is 5.17 Å². The van der Waals surface area contributed by atoms with Gasteiger partial charge in [-0.1, -0.05) is 11.8 Å². The minimum Gasteiger partial charge on any atom is -0.444 e. The third kappa shape index (κ3) is 6.91. The third-order valence-corrected chi connectivity index (χ3v) is 9.07. The molecule has 2 heterocycles. The molecule has 2 aliphatic rings. The summed E-state index contributed by atoms with van der Waals surface area (Å²) < 4.78 is 29.9. The first-order chi connectivity index (χ1) is 16.3. The lowest BCUT2D eigenvalue weighted by Crippen LogP contribution is -2.38. The van der Waals surface area contributed by atoms with Crippen LogP contribution >= 0.6 is 11.8 Å². The van der Waals surface area contributed by atoms with Gasteiger partial charge < -0.3 is 19.9 Å². The van der Waals surface area contributed by atoms with E-state index in [4.69, 9.17) is 4.74 Å². The molecule has 0 unspecified atom stereocenters. The molecule has 2 aliphatic heterocycles. The standard InChI is InChI=1S/C24H36N4O5S2/c1-7-27(8-2)17-9-10-18(16(3)13-17)28-19-14-35(31,32)15-20(19)34-22(28)26-21(29)11-12-25-23(30)33-24(4,5)6/h9-10,13,19-20H,7-8,11-12,14-15H2,1-6H3,(H,25,30)/t19-,20+/m0/s1. The van der Waals surface area contributed by atoms with Gasteiger partial charge in [-0.05, 0) is 65.3 Å². The maximum absolute atomic E-state index is 12.7. The molecule has 35 heavy (non-hydrogen) atoms. The third-order valence-electron chi connectivity index (χ3n) is 5.86. The molecule has 1 aromatic carbocycles. The van der Waals surface area contributed by atoms with Crippen molar-refractivity contribution < 1.29 is 22.7 Å². The Morgan fingerprint density at radius 3 is 2.51 bits per heavy atom. The number of amides is 2. The summed E-state index contributed by atoms with van der Waals surface area (Å²) in [5, 5.41) is 2.91. The summed E-state index contributed by atoms with van der Waals surface area (Å²) in [7, 11) is -3.15. The van der Waals surface area contributed by atoms with E-state index in [2.05, 4.69) is 35.1 Å². The molecule has 1 aromatic rings. The van der Waals surface area contributed by atoms with E-state index >= 15 is 0 Å². The van der Waals surface area contributed by atoms with Crippen molar-refractivity contribution in [2.75, 3.05) is 40.9 Å². The molecular weight excluding hydrogens is 488 g/mol. The van der Waals surface area contributed by atoms with Crippen molar-refractivity contribution in [2.45, 2.75) is 64.9 Å². The van der Waals surface area contributed by atoms with Gasteiger partial charge in [0.05, 0.1) is 17.5 Å². The van der Waals surface area contributed by atoms with Gasteiger partial charge in [-0.25, -0.2) is 13.2 Å². The van der Waals surface area contributed by atoms with E-state index in [1.165, 1.54) is 11.8 Å². The Balaban J connectivity index is 1.80. The first-order valence-electron chi connectivity index (χ1n) is 11.9. The quantitative estimate of drug-likeness (QED) is 0.579. The van der Waals surface area contributed by atoms with Crippen LogP contribution < -0.4 is 15.1 Å². The molecule has 9 nitrogen and oxygen atoms in total. The molecule has 0 radical (unpaired) electrons. The molecule has 0 spiro atoms. The van der Waals surface area contributed by atoms with Crippen molar-refractivity contribution in [1.82, 2.24) is 5.32 Å². The van der Waals surface area contributed by atoms with Crippen molar-refractivity contribution in [3.8, 4) is 0 Å². The average Bonchev–Trinajstić information content (AvgIpc) is 3.18. The normalized spacial score (nSPS) is 22.2. The molecule has 0 aromatic heterocycles. The number of sulfone groups is 1. The van der Waals surface area contributed by atoms with Crippen molar-refractivity contribution in [1.29, 1.82) is 0 Å². The molecule has 2 amide bonds. The molecule has 194 valence electrons. The van der Waals surface area contributed by atoms with Gasteiger partial charge in [0, 0.05) is 42.7 Å². The zero-order valence-corrected chi connectivity index (χ0v) is 23.0. The zero-order valence-electron chi connectivity index (χ0n) is 21.3. The molecule has 3 rings (SSSR count). The number of carbonyl (C=O) groups is 2. The van der Waals surface area contributed by atoms with Gasteiger partial charge in [-0.2, -0.15) is 4.99 Å². The Kier molecular flexibility index (Phi) is 8.41. The minimum absolute atomic E-state index is 0.0185. The summed E-state index contributed by atoms with van der Waals surface area (Å²) in [5.41, 5.74) is 2.33. The number of ether oxygens (including phenoxy) is 1. The Labute approximate surface area is 212 Å². The second-order valence-electron chi connectivity index (χ2n) is 9.78. The van der Waals surface area contributed by atoms with Crippen LogP contribution in [-0.2, 0) is 19.4 Å². The molecular formula is C24H36N4O5S2. The number of fused-ring (bicyclic) bond motifs is 1. The van der Waals surface area contributed by atoms with Crippen LogP contribution in [0.1, 0.15) is 46.6 Å². The van der Waals surface area contributed by atoms with Gasteiger partial charge >= 0.3 is 6.09 Å². The van der Waals surface area contributed by atoms with Crippen LogP contribution in [0, 0.1) is 6.92 Å². The summed E-state index contributed by atoms with van der Waals surface area (Å²) in [4.78, 5) is 33.0. The number of nitrogens with one attached hydrogen (secondary N) is 1. The summed E-state index contributed by atoms with van der Waals surface area (Å²) in [6.07, 6.45) is -0.566. The van der Waals surface area contributed by atoms with Crippen LogP contribution in [0.2, 0.25) is 0 Å².